The summed E-state index contributed by atoms with van der Waals surface area (Å²) in [6.45, 7) is 1.40. The normalized spacial score (nSPS) is 9.40. The predicted octanol–water partition coefficient (Wildman–Crippen LogP) is 2.12. The third-order valence-electron chi connectivity index (χ3n) is 2.00. The van der Waals surface area contributed by atoms with Gasteiger partial charge in [-0.1, -0.05) is 36.4 Å². The molecule has 0 atom stereocenters. The van der Waals surface area contributed by atoms with Crippen LogP contribution in [0.1, 0.15) is 6.92 Å². The van der Waals surface area contributed by atoms with E-state index in [0.29, 0.717) is 5.75 Å². The third kappa shape index (κ3) is 3.13. The van der Waals surface area contributed by atoms with Crippen molar-refractivity contribution in [3.63, 3.8) is 0 Å². The summed E-state index contributed by atoms with van der Waals surface area (Å²) < 4.78 is 5.09. The molecular formula is C12H11KO2. The first-order valence-electron chi connectivity index (χ1n) is 4.43. The first-order chi connectivity index (χ1) is 6.77. The number of hydrogen-bond donors (Lipinski definition) is 0. The van der Waals surface area contributed by atoms with Crippen LogP contribution in [0.25, 0.3) is 10.8 Å². The molecule has 0 unspecified atom stereocenters. The summed E-state index contributed by atoms with van der Waals surface area (Å²) in [5, 5.41) is 2.04. The zero-order valence-corrected chi connectivity index (χ0v) is 7.86. The Morgan fingerprint density at radius 1 is 1.07 bits per heavy atom. The number of rotatable bonds is 1. The fraction of sp³-hybridized carbons (Fsp3) is 0.0833. The van der Waals surface area contributed by atoms with Crippen LogP contribution in [0.3, 0.4) is 0 Å². The number of carbonyl (C=O) groups excluding carboxylic acids is 1. The Kier molecular flexibility index (Phi) is 4.95. The molecule has 0 aromatic heterocycles. The molecular weight excluding hydrogens is 215 g/mol. The van der Waals surface area contributed by atoms with E-state index >= 15 is 0 Å². The van der Waals surface area contributed by atoms with Crippen molar-refractivity contribution in [1.29, 1.82) is 0 Å². The van der Waals surface area contributed by atoms with E-state index in [1.807, 2.05) is 36.4 Å². The first kappa shape index (κ1) is 12.9. The van der Waals surface area contributed by atoms with Gasteiger partial charge < -0.3 is 4.74 Å². The SMILES string of the molecule is CC(=O)Oc1cccc2ccccc12.[KH]. The number of hydrogen-bond acceptors (Lipinski definition) is 2. The van der Waals surface area contributed by atoms with Gasteiger partial charge in [-0.3, -0.25) is 4.79 Å². The molecule has 2 aromatic carbocycles. The summed E-state index contributed by atoms with van der Waals surface area (Å²) in [4.78, 5) is 10.8. The second kappa shape index (κ2) is 5.77. The second-order valence-electron chi connectivity index (χ2n) is 3.07. The van der Waals surface area contributed by atoms with Crippen LogP contribution in [0.2, 0.25) is 0 Å². The van der Waals surface area contributed by atoms with E-state index in [0.717, 1.165) is 10.8 Å². The molecule has 0 aliphatic carbocycles. The topological polar surface area (TPSA) is 26.3 Å². The van der Waals surface area contributed by atoms with E-state index in [1.54, 1.807) is 6.07 Å². The van der Waals surface area contributed by atoms with Crippen molar-refractivity contribution in [3.05, 3.63) is 42.5 Å². The van der Waals surface area contributed by atoms with Crippen LogP contribution in [0.4, 0.5) is 0 Å². The Morgan fingerprint density at radius 3 is 2.47 bits per heavy atom. The molecule has 0 fully saturated rings. The average Bonchev–Trinajstić information content (AvgIpc) is 2.18. The van der Waals surface area contributed by atoms with Crippen molar-refractivity contribution >= 4 is 68.1 Å². The molecule has 3 heteroatoms. The van der Waals surface area contributed by atoms with Gasteiger partial charge in [-0.15, -0.1) is 0 Å². The van der Waals surface area contributed by atoms with Gasteiger partial charge in [-0.05, 0) is 11.5 Å². The van der Waals surface area contributed by atoms with Crippen LogP contribution in [-0.4, -0.2) is 57.4 Å². The fourth-order valence-corrected chi connectivity index (χ4v) is 1.44. The summed E-state index contributed by atoms with van der Waals surface area (Å²) in [6.07, 6.45) is 0. The van der Waals surface area contributed by atoms with Crippen LogP contribution in [0, 0.1) is 0 Å². The Balaban J connectivity index is 0.00000112. The molecule has 15 heavy (non-hydrogen) atoms. The number of ether oxygens (including phenoxy) is 1. The Hall–Kier alpha value is -0.194. The molecule has 0 saturated carbocycles. The second-order valence-corrected chi connectivity index (χ2v) is 3.07. The molecule has 2 rings (SSSR count). The molecule has 0 saturated heterocycles. The van der Waals surface area contributed by atoms with Gasteiger partial charge in [0.15, 0.2) is 0 Å². The number of fused-ring (bicyclic) bond motifs is 1. The molecule has 0 spiro atoms. The van der Waals surface area contributed by atoms with Gasteiger partial charge in [0.25, 0.3) is 0 Å². The van der Waals surface area contributed by atoms with Crippen LogP contribution in [0.15, 0.2) is 42.5 Å². The summed E-state index contributed by atoms with van der Waals surface area (Å²) in [5.41, 5.74) is 0. The summed E-state index contributed by atoms with van der Waals surface area (Å²) in [7, 11) is 0. The fourth-order valence-electron chi connectivity index (χ4n) is 1.44. The van der Waals surface area contributed by atoms with E-state index in [9.17, 15) is 4.79 Å². The molecule has 0 amide bonds. The predicted molar refractivity (Wildman–Crippen MR) is 62.4 cm³/mol. The Morgan fingerprint density at radius 2 is 1.73 bits per heavy atom. The molecule has 0 radical (unpaired) electrons. The van der Waals surface area contributed by atoms with Crippen molar-refractivity contribution in [2.45, 2.75) is 6.92 Å². The quantitative estimate of drug-likeness (QED) is 0.423. The van der Waals surface area contributed by atoms with E-state index in [4.69, 9.17) is 4.74 Å². The molecule has 0 aliphatic heterocycles. The van der Waals surface area contributed by atoms with Gasteiger partial charge in [-0.25, -0.2) is 0 Å². The molecule has 2 aromatic rings. The van der Waals surface area contributed by atoms with Gasteiger partial charge >= 0.3 is 57.4 Å². The maximum atomic E-state index is 10.8. The van der Waals surface area contributed by atoms with Gasteiger partial charge in [0.1, 0.15) is 5.75 Å². The van der Waals surface area contributed by atoms with E-state index in [-0.39, 0.29) is 57.4 Å². The zero-order chi connectivity index (χ0) is 9.97. The minimum absolute atomic E-state index is 0. The zero-order valence-electron chi connectivity index (χ0n) is 7.86. The van der Waals surface area contributed by atoms with E-state index < -0.39 is 0 Å². The van der Waals surface area contributed by atoms with Gasteiger partial charge in [0.2, 0.25) is 0 Å². The molecule has 0 bridgehead atoms. The maximum absolute atomic E-state index is 10.8. The molecule has 72 valence electrons. The van der Waals surface area contributed by atoms with Crippen molar-refractivity contribution < 1.29 is 9.53 Å². The number of benzene rings is 2. The Bertz CT molecular complexity index is 475. The van der Waals surface area contributed by atoms with Crippen LogP contribution < -0.4 is 4.74 Å². The van der Waals surface area contributed by atoms with E-state index in [1.165, 1.54) is 6.92 Å². The standard InChI is InChI=1S/C12H10O2.K.H/c1-9(13)14-12-8-4-6-10-5-2-3-7-11(10)12;;/h2-8H,1H3;;. The summed E-state index contributed by atoms with van der Waals surface area (Å²) >= 11 is 0. The van der Waals surface area contributed by atoms with Gasteiger partial charge in [-0.2, -0.15) is 0 Å². The molecule has 0 N–H and O–H groups in total. The van der Waals surface area contributed by atoms with Crippen molar-refractivity contribution in [1.82, 2.24) is 0 Å². The summed E-state index contributed by atoms with van der Waals surface area (Å²) in [6, 6.07) is 13.5. The molecule has 0 aliphatic rings. The minimum atomic E-state index is -0.290. The van der Waals surface area contributed by atoms with Crippen molar-refractivity contribution in [2.24, 2.45) is 0 Å². The van der Waals surface area contributed by atoms with Crippen LogP contribution >= 0.6 is 0 Å². The Labute approximate surface area is 131 Å². The van der Waals surface area contributed by atoms with Crippen LogP contribution in [0.5, 0.6) is 5.75 Å². The molecule has 2 nitrogen and oxygen atoms in total. The number of esters is 1. The van der Waals surface area contributed by atoms with Crippen LogP contribution in [-0.2, 0) is 4.79 Å². The van der Waals surface area contributed by atoms with E-state index in [2.05, 4.69) is 0 Å². The van der Waals surface area contributed by atoms with Crippen molar-refractivity contribution in [2.75, 3.05) is 0 Å². The first-order valence-corrected chi connectivity index (χ1v) is 4.43. The third-order valence-corrected chi connectivity index (χ3v) is 2.00. The summed E-state index contributed by atoms with van der Waals surface area (Å²) in [5.74, 6) is 0.331. The molecule has 0 heterocycles. The van der Waals surface area contributed by atoms with Crippen molar-refractivity contribution in [3.8, 4) is 5.75 Å². The van der Waals surface area contributed by atoms with Gasteiger partial charge in [0, 0.05) is 12.3 Å². The number of carbonyl (C=O) groups is 1. The monoisotopic (exact) mass is 226 g/mol. The average molecular weight is 226 g/mol. The van der Waals surface area contributed by atoms with Gasteiger partial charge in [0.05, 0.1) is 0 Å².